The fourth-order valence-corrected chi connectivity index (χ4v) is 3.47. The van der Waals surface area contributed by atoms with Crippen LogP contribution in [0.3, 0.4) is 0 Å². The van der Waals surface area contributed by atoms with Crippen LogP contribution in [0.4, 0.5) is 0 Å². The standard InChI is InChI=1S/C14H12O3S.C7H17NO5/c1-9(14(16)17)11-7-8-12(18-11)13(15)10-5-3-2-4-6-10;1-8-2-4(10)6(12)7(13)5(11)3-9/h2-9H,1H3,(H,16,17);4-13H,2-3H2,1H3/t;4-,5+,6+,7+/m.0/s1. The van der Waals surface area contributed by atoms with Crippen molar-refractivity contribution in [1.82, 2.24) is 5.32 Å². The largest absolute Gasteiger partial charge is 0.481 e. The van der Waals surface area contributed by atoms with E-state index in [0.717, 1.165) is 0 Å². The molecule has 0 aliphatic heterocycles. The number of thiophene rings is 1. The first kappa shape index (κ1) is 26.9. The predicted molar refractivity (Wildman–Crippen MR) is 115 cm³/mol. The zero-order valence-electron chi connectivity index (χ0n) is 17.3. The summed E-state index contributed by atoms with van der Waals surface area (Å²) in [5.41, 5.74) is 0.619. The highest BCUT2D eigenvalue weighted by Gasteiger charge is 2.29. The molecule has 1 unspecified atom stereocenters. The van der Waals surface area contributed by atoms with Crippen molar-refractivity contribution in [3.05, 3.63) is 57.8 Å². The van der Waals surface area contributed by atoms with Crippen LogP contribution in [-0.4, -0.2) is 87.0 Å². The van der Waals surface area contributed by atoms with Gasteiger partial charge in [-0.05, 0) is 26.1 Å². The number of ketones is 1. The van der Waals surface area contributed by atoms with Crippen LogP contribution in [0.15, 0.2) is 42.5 Å². The topological polar surface area (TPSA) is 168 Å². The van der Waals surface area contributed by atoms with Crippen LogP contribution in [0, 0.1) is 0 Å². The van der Waals surface area contributed by atoms with E-state index in [2.05, 4.69) is 5.32 Å². The molecule has 0 saturated carbocycles. The molecular formula is C21H29NO8S. The second kappa shape index (κ2) is 13.3. The van der Waals surface area contributed by atoms with Crippen LogP contribution in [0.25, 0.3) is 0 Å². The summed E-state index contributed by atoms with van der Waals surface area (Å²) in [5, 5.41) is 56.4. The van der Waals surface area contributed by atoms with E-state index < -0.39 is 42.9 Å². The number of benzene rings is 1. The molecule has 7 N–H and O–H groups in total. The highest BCUT2D eigenvalue weighted by atomic mass is 32.1. The Kier molecular flexibility index (Phi) is 11.5. The van der Waals surface area contributed by atoms with E-state index in [9.17, 15) is 14.7 Å². The summed E-state index contributed by atoms with van der Waals surface area (Å²) >= 11 is 1.24. The van der Waals surface area contributed by atoms with Gasteiger partial charge in [-0.2, -0.15) is 0 Å². The van der Waals surface area contributed by atoms with Gasteiger partial charge in [0.2, 0.25) is 5.78 Å². The number of aliphatic carboxylic acids is 1. The molecule has 0 spiro atoms. The molecule has 1 aromatic carbocycles. The van der Waals surface area contributed by atoms with Gasteiger partial charge < -0.3 is 36.0 Å². The summed E-state index contributed by atoms with van der Waals surface area (Å²) in [4.78, 5) is 24.3. The molecule has 31 heavy (non-hydrogen) atoms. The molecule has 0 saturated heterocycles. The van der Waals surface area contributed by atoms with E-state index in [1.54, 1.807) is 38.2 Å². The van der Waals surface area contributed by atoms with Crippen LogP contribution in [0.2, 0.25) is 0 Å². The zero-order valence-corrected chi connectivity index (χ0v) is 18.1. The van der Waals surface area contributed by atoms with E-state index in [1.807, 2.05) is 18.2 Å². The summed E-state index contributed by atoms with van der Waals surface area (Å²) < 4.78 is 0. The van der Waals surface area contributed by atoms with Crippen molar-refractivity contribution in [2.75, 3.05) is 20.2 Å². The Hall–Kier alpha value is -2.18. The summed E-state index contributed by atoms with van der Waals surface area (Å²) in [6, 6.07) is 12.4. The Bertz CT molecular complexity index is 813. The van der Waals surface area contributed by atoms with E-state index >= 15 is 0 Å². The predicted octanol–water partition coefficient (Wildman–Crippen LogP) is -0.191. The first-order chi connectivity index (χ1) is 14.6. The van der Waals surface area contributed by atoms with Crippen LogP contribution >= 0.6 is 11.3 Å². The molecule has 0 fully saturated rings. The average Bonchev–Trinajstić information content (AvgIpc) is 3.27. The van der Waals surface area contributed by atoms with Gasteiger partial charge in [-0.3, -0.25) is 9.59 Å². The molecule has 1 aromatic heterocycles. The SMILES string of the molecule is CC(C(=O)O)c1ccc(C(=O)c2ccccc2)s1.CNC[C@H](O)[C@@H](O)[C@H](O)[C@H](O)CO. The van der Waals surface area contributed by atoms with Gasteiger partial charge in [-0.25, -0.2) is 0 Å². The third kappa shape index (κ3) is 8.11. The van der Waals surface area contributed by atoms with Gasteiger partial charge in [0.05, 0.1) is 23.5 Å². The van der Waals surface area contributed by atoms with E-state index in [4.69, 9.17) is 25.5 Å². The number of carbonyl (C=O) groups excluding carboxylic acids is 1. The number of carboxylic acid groups (broad SMARTS) is 1. The van der Waals surface area contributed by atoms with Crippen LogP contribution in [0.5, 0.6) is 0 Å². The Labute approximate surface area is 184 Å². The smallest absolute Gasteiger partial charge is 0.311 e. The van der Waals surface area contributed by atoms with Crippen molar-refractivity contribution in [3.8, 4) is 0 Å². The van der Waals surface area contributed by atoms with Crippen molar-refractivity contribution < 1.29 is 40.2 Å². The first-order valence-electron chi connectivity index (χ1n) is 9.54. The van der Waals surface area contributed by atoms with Gasteiger partial charge in [-0.1, -0.05) is 30.3 Å². The van der Waals surface area contributed by atoms with Gasteiger partial charge in [-0.15, -0.1) is 11.3 Å². The number of nitrogens with one attached hydrogen (secondary N) is 1. The maximum absolute atomic E-state index is 12.1. The van der Waals surface area contributed by atoms with Crippen LogP contribution < -0.4 is 5.32 Å². The lowest BCUT2D eigenvalue weighted by molar-refractivity contribution is -0.138. The Morgan fingerprint density at radius 2 is 1.55 bits per heavy atom. The second-order valence-electron chi connectivity index (χ2n) is 6.81. The monoisotopic (exact) mass is 455 g/mol. The molecule has 2 aromatic rings. The zero-order chi connectivity index (χ0) is 23.6. The van der Waals surface area contributed by atoms with E-state index in [1.165, 1.54) is 11.3 Å². The fourth-order valence-electron chi connectivity index (χ4n) is 2.45. The van der Waals surface area contributed by atoms with Gasteiger partial charge in [0.25, 0.3) is 0 Å². The van der Waals surface area contributed by atoms with Gasteiger partial charge in [0, 0.05) is 17.0 Å². The lowest BCUT2D eigenvalue weighted by atomic mass is 10.0. The molecule has 9 nitrogen and oxygen atoms in total. The third-order valence-electron chi connectivity index (χ3n) is 4.42. The molecular weight excluding hydrogens is 426 g/mol. The summed E-state index contributed by atoms with van der Waals surface area (Å²) in [5.74, 6) is -1.52. The number of aliphatic hydroxyl groups excluding tert-OH is 5. The average molecular weight is 456 g/mol. The highest BCUT2D eigenvalue weighted by Crippen LogP contribution is 2.26. The number of rotatable bonds is 10. The van der Waals surface area contributed by atoms with E-state index in [0.29, 0.717) is 15.3 Å². The van der Waals surface area contributed by atoms with Crippen LogP contribution in [-0.2, 0) is 4.79 Å². The summed E-state index contributed by atoms with van der Waals surface area (Å²) in [7, 11) is 1.57. The van der Waals surface area contributed by atoms with Gasteiger partial charge in [0.1, 0.15) is 18.3 Å². The quantitative estimate of drug-likeness (QED) is 0.240. The third-order valence-corrected chi connectivity index (χ3v) is 5.69. The number of hydrogen-bond acceptors (Lipinski definition) is 9. The van der Waals surface area contributed by atoms with Crippen molar-refractivity contribution >= 4 is 23.1 Å². The molecule has 0 radical (unpaired) electrons. The van der Waals surface area contributed by atoms with E-state index in [-0.39, 0.29) is 12.3 Å². The Morgan fingerprint density at radius 3 is 2.06 bits per heavy atom. The van der Waals surface area contributed by atoms with Crippen molar-refractivity contribution in [3.63, 3.8) is 0 Å². The number of likely N-dealkylation sites (N-methyl/N-ethyl adjacent to an activating group) is 1. The minimum atomic E-state index is -1.55. The second-order valence-corrected chi connectivity index (χ2v) is 7.93. The number of hydrogen-bond donors (Lipinski definition) is 7. The molecule has 172 valence electrons. The van der Waals surface area contributed by atoms with Crippen molar-refractivity contribution in [1.29, 1.82) is 0 Å². The summed E-state index contributed by atoms with van der Waals surface area (Å²) in [6.07, 6.45) is -5.65. The van der Waals surface area contributed by atoms with Gasteiger partial charge in [0.15, 0.2) is 0 Å². The fraction of sp³-hybridized carbons (Fsp3) is 0.429. The van der Waals surface area contributed by atoms with Crippen molar-refractivity contribution in [2.45, 2.75) is 37.3 Å². The molecule has 2 rings (SSSR count). The molecule has 5 atom stereocenters. The Morgan fingerprint density at radius 1 is 0.968 bits per heavy atom. The highest BCUT2D eigenvalue weighted by molar-refractivity contribution is 7.14. The minimum absolute atomic E-state index is 0.0653. The lowest BCUT2D eigenvalue weighted by Crippen LogP contribution is -2.48. The number of carbonyl (C=O) groups is 2. The molecule has 0 bridgehead atoms. The number of carboxylic acids is 1. The minimum Gasteiger partial charge on any atom is -0.481 e. The Balaban J connectivity index is 0.000000330. The van der Waals surface area contributed by atoms with Crippen LogP contribution in [0.1, 0.15) is 33.0 Å². The normalized spacial score (nSPS) is 15.7. The summed E-state index contributed by atoms with van der Waals surface area (Å²) in [6.45, 7) is 1.05. The lowest BCUT2D eigenvalue weighted by Gasteiger charge is -2.25. The van der Waals surface area contributed by atoms with Gasteiger partial charge >= 0.3 is 5.97 Å². The number of aliphatic hydroxyl groups is 5. The molecule has 1 heterocycles. The first-order valence-corrected chi connectivity index (χ1v) is 10.4. The molecule has 10 heteroatoms. The van der Waals surface area contributed by atoms with Crippen molar-refractivity contribution in [2.24, 2.45) is 0 Å². The maximum atomic E-state index is 12.1. The molecule has 0 amide bonds. The molecule has 0 aliphatic carbocycles. The maximum Gasteiger partial charge on any atom is 0.311 e. The molecule has 0 aliphatic rings.